The fourth-order valence-electron chi connectivity index (χ4n) is 0.918. The van der Waals surface area contributed by atoms with E-state index >= 15 is 0 Å². The van der Waals surface area contributed by atoms with Crippen LogP contribution in [0.25, 0.3) is 0 Å². The van der Waals surface area contributed by atoms with E-state index in [1.807, 2.05) is 13.8 Å². The van der Waals surface area contributed by atoms with Crippen molar-refractivity contribution in [2.45, 2.75) is 20.3 Å². The number of aryl methyl sites for hydroxylation is 1. The van der Waals surface area contributed by atoms with E-state index in [9.17, 15) is 0 Å². The van der Waals surface area contributed by atoms with Crippen LogP contribution in [-0.4, -0.2) is 10.2 Å². The van der Waals surface area contributed by atoms with Crippen LogP contribution >= 0.6 is 23.2 Å². The summed E-state index contributed by atoms with van der Waals surface area (Å²) in [7, 11) is 0. The van der Waals surface area contributed by atoms with Crippen molar-refractivity contribution in [2.24, 2.45) is 0 Å². The number of hydrogen-bond acceptors (Lipinski definition) is 2. The van der Waals surface area contributed by atoms with Gasteiger partial charge in [0.2, 0.25) is 0 Å². The number of hydrogen-bond donors (Lipinski definition) is 0. The Morgan fingerprint density at radius 1 is 1.27 bits per heavy atom. The third-order valence-corrected chi connectivity index (χ3v) is 2.29. The Morgan fingerprint density at radius 2 is 1.91 bits per heavy atom. The van der Waals surface area contributed by atoms with Gasteiger partial charge in [0.05, 0.1) is 10.7 Å². The summed E-state index contributed by atoms with van der Waals surface area (Å²) in [5.74, 6) is 0. The van der Waals surface area contributed by atoms with Crippen molar-refractivity contribution in [1.29, 1.82) is 0 Å². The van der Waals surface area contributed by atoms with Crippen LogP contribution in [0.15, 0.2) is 0 Å². The van der Waals surface area contributed by atoms with Crippen molar-refractivity contribution < 1.29 is 0 Å². The average Bonchev–Trinajstić information content (AvgIpc) is 1.99. The molecule has 1 aromatic heterocycles. The van der Waals surface area contributed by atoms with Crippen molar-refractivity contribution in [3.63, 3.8) is 0 Å². The van der Waals surface area contributed by atoms with Crippen LogP contribution in [0.4, 0.5) is 0 Å². The maximum atomic E-state index is 5.86. The molecule has 0 amide bonds. The van der Waals surface area contributed by atoms with Gasteiger partial charge in [-0.25, -0.2) is 0 Å². The zero-order chi connectivity index (χ0) is 8.43. The molecule has 0 radical (unpaired) electrons. The van der Waals surface area contributed by atoms with Gasteiger partial charge < -0.3 is 0 Å². The summed E-state index contributed by atoms with van der Waals surface area (Å²) in [6.45, 7) is 3.88. The van der Waals surface area contributed by atoms with Gasteiger partial charge in [0.25, 0.3) is 0 Å². The van der Waals surface area contributed by atoms with Gasteiger partial charge >= 0.3 is 0 Å². The second-order valence-electron chi connectivity index (χ2n) is 2.22. The highest BCUT2D eigenvalue weighted by Gasteiger charge is 2.07. The number of aromatic nitrogens is 2. The molecule has 0 bridgehead atoms. The highest BCUT2D eigenvalue weighted by molar-refractivity contribution is 6.41. The maximum Gasteiger partial charge on any atom is 0.170 e. The molecule has 0 atom stereocenters. The molecule has 0 N–H and O–H groups in total. The number of halogens is 2. The number of rotatable bonds is 1. The molecule has 1 rings (SSSR count). The number of nitrogens with zero attached hydrogens (tertiary/aromatic N) is 2. The Bertz CT molecular complexity index is 273. The minimum absolute atomic E-state index is 0.286. The van der Waals surface area contributed by atoms with E-state index < -0.39 is 0 Å². The van der Waals surface area contributed by atoms with Gasteiger partial charge in [-0.2, -0.15) is 5.10 Å². The van der Waals surface area contributed by atoms with Crippen LogP contribution in [0.1, 0.15) is 18.2 Å². The fraction of sp³-hybridized carbons (Fsp3) is 0.429. The standard InChI is InChI=1S/C7H8Cl2N2/c1-3-5-4(2)10-11-7(9)6(5)8/h3H2,1-2H3. The highest BCUT2D eigenvalue weighted by Crippen LogP contribution is 2.24. The zero-order valence-electron chi connectivity index (χ0n) is 6.36. The van der Waals surface area contributed by atoms with Crippen LogP contribution in [0.2, 0.25) is 10.2 Å². The normalized spacial score (nSPS) is 10.2. The molecule has 4 heteroatoms. The summed E-state index contributed by atoms with van der Waals surface area (Å²) in [5.41, 5.74) is 1.83. The van der Waals surface area contributed by atoms with E-state index in [2.05, 4.69) is 10.2 Å². The van der Waals surface area contributed by atoms with Gasteiger partial charge in [0.1, 0.15) is 0 Å². The Kier molecular flexibility index (Phi) is 2.68. The minimum Gasteiger partial charge on any atom is -0.154 e. The zero-order valence-corrected chi connectivity index (χ0v) is 7.87. The topological polar surface area (TPSA) is 25.8 Å². The van der Waals surface area contributed by atoms with E-state index in [1.54, 1.807) is 0 Å². The van der Waals surface area contributed by atoms with Gasteiger partial charge in [-0.1, -0.05) is 30.1 Å². The Labute approximate surface area is 75.5 Å². The summed E-state index contributed by atoms with van der Waals surface area (Å²) in [4.78, 5) is 0. The molecule has 0 saturated carbocycles. The lowest BCUT2D eigenvalue weighted by atomic mass is 10.2. The lowest BCUT2D eigenvalue weighted by Crippen LogP contribution is -1.95. The molecule has 1 aromatic rings. The van der Waals surface area contributed by atoms with E-state index in [1.165, 1.54) is 0 Å². The summed E-state index contributed by atoms with van der Waals surface area (Å²) >= 11 is 11.5. The molecule has 0 spiro atoms. The summed E-state index contributed by atoms with van der Waals surface area (Å²) in [6, 6.07) is 0. The molecule has 1 heterocycles. The molecule has 11 heavy (non-hydrogen) atoms. The highest BCUT2D eigenvalue weighted by atomic mass is 35.5. The van der Waals surface area contributed by atoms with E-state index in [4.69, 9.17) is 23.2 Å². The molecule has 0 aliphatic rings. The molecule has 0 unspecified atom stereocenters. The fourth-order valence-corrected chi connectivity index (χ4v) is 1.38. The van der Waals surface area contributed by atoms with Gasteiger partial charge in [-0.05, 0) is 18.9 Å². The third-order valence-electron chi connectivity index (χ3n) is 1.52. The van der Waals surface area contributed by atoms with Crippen LogP contribution in [-0.2, 0) is 6.42 Å². The first-order valence-corrected chi connectivity index (χ1v) is 4.09. The lowest BCUT2D eigenvalue weighted by Gasteiger charge is -2.03. The van der Waals surface area contributed by atoms with Crippen LogP contribution < -0.4 is 0 Å². The summed E-state index contributed by atoms with van der Waals surface area (Å²) in [6.07, 6.45) is 0.833. The first-order valence-electron chi connectivity index (χ1n) is 3.34. The monoisotopic (exact) mass is 190 g/mol. The first-order chi connectivity index (χ1) is 5.16. The molecule has 0 aliphatic heterocycles. The van der Waals surface area contributed by atoms with E-state index in [0.717, 1.165) is 17.7 Å². The summed E-state index contributed by atoms with van der Waals surface area (Å²) < 4.78 is 0. The Morgan fingerprint density at radius 3 is 2.36 bits per heavy atom. The molecular weight excluding hydrogens is 183 g/mol. The Hall–Kier alpha value is -0.340. The van der Waals surface area contributed by atoms with E-state index in [0.29, 0.717) is 5.02 Å². The molecular formula is C7H8Cl2N2. The van der Waals surface area contributed by atoms with Gasteiger partial charge in [-0.3, -0.25) is 0 Å². The maximum absolute atomic E-state index is 5.86. The van der Waals surface area contributed by atoms with Crippen molar-refractivity contribution in [3.05, 3.63) is 21.4 Å². The van der Waals surface area contributed by atoms with Crippen molar-refractivity contribution in [1.82, 2.24) is 10.2 Å². The molecule has 0 aromatic carbocycles. The lowest BCUT2D eigenvalue weighted by molar-refractivity contribution is 0.933. The van der Waals surface area contributed by atoms with Gasteiger partial charge in [0.15, 0.2) is 5.15 Å². The Balaban J connectivity index is 3.29. The molecule has 0 fully saturated rings. The van der Waals surface area contributed by atoms with Crippen LogP contribution in [0.5, 0.6) is 0 Å². The third kappa shape index (κ3) is 1.63. The van der Waals surface area contributed by atoms with Gasteiger partial charge in [-0.15, -0.1) is 5.10 Å². The smallest absolute Gasteiger partial charge is 0.154 e. The molecule has 2 nitrogen and oxygen atoms in total. The van der Waals surface area contributed by atoms with Gasteiger partial charge in [0, 0.05) is 0 Å². The largest absolute Gasteiger partial charge is 0.170 e. The average molecular weight is 191 g/mol. The SMILES string of the molecule is CCc1c(C)nnc(Cl)c1Cl. The second-order valence-corrected chi connectivity index (χ2v) is 2.96. The molecule has 0 aliphatic carbocycles. The van der Waals surface area contributed by atoms with Crippen LogP contribution in [0, 0.1) is 6.92 Å². The minimum atomic E-state index is 0.286. The molecule has 0 saturated heterocycles. The van der Waals surface area contributed by atoms with E-state index in [-0.39, 0.29) is 5.15 Å². The molecule has 60 valence electrons. The first kappa shape index (κ1) is 8.75. The summed E-state index contributed by atoms with van der Waals surface area (Å²) in [5, 5.41) is 8.33. The second kappa shape index (κ2) is 3.37. The van der Waals surface area contributed by atoms with Crippen molar-refractivity contribution >= 4 is 23.2 Å². The quantitative estimate of drug-likeness (QED) is 0.681. The predicted molar refractivity (Wildman–Crippen MR) is 46.2 cm³/mol. The predicted octanol–water partition coefficient (Wildman–Crippen LogP) is 2.65. The van der Waals surface area contributed by atoms with Crippen molar-refractivity contribution in [2.75, 3.05) is 0 Å². The van der Waals surface area contributed by atoms with Crippen LogP contribution in [0.3, 0.4) is 0 Å². The van der Waals surface area contributed by atoms with Crippen molar-refractivity contribution in [3.8, 4) is 0 Å².